The van der Waals surface area contributed by atoms with Gasteiger partial charge in [0, 0.05) is 12.6 Å². The van der Waals surface area contributed by atoms with E-state index in [4.69, 9.17) is 5.11 Å². The van der Waals surface area contributed by atoms with E-state index in [0.717, 1.165) is 18.7 Å². The molecule has 1 aliphatic rings. The maximum atomic E-state index is 8.50. The monoisotopic (exact) mass is 154 g/mol. The molecule has 0 aromatic carbocycles. The summed E-state index contributed by atoms with van der Waals surface area (Å²) in [5, 5.41) is 11.6. The first-order valence-electron chi connectivity index (χ1n) is 3.89. The van der Waals surface area contributed by atoms with E-state index in [1.54, 1.807) is 0 Å². The standard InChI is InChI=1S/C8H14N2O/c1-7-2-3-8(10-6-7)9-4-5-11/h6,11H,2-5H2,1H3,(H,9,10). The first-order valence-corrected chi connectivity index (χ1v) is 3.89. The van der Waals surface area contributed by atoms with E-state index < -0.39 is 0 Å². The molecule has 0 saturated heterocycles. The minimum Gasteiger partial charge on any atom is -0.394 e. The van der Waals surface area contributed by atoms with E-state index in [1.807, 2.05) is 6.20 Å². The summed E-state index contributed by atoms with van der Waals surface area (Å²) in [6, 6.07) is 0. The number of amidine groups is 1. The molecule has 2 N–H and O–H groups in total. The molecule has 3 nitrogen and oxygen atoms in total. The third kappa shape index (κ3) is 2.72. The van der Waals surface area contributed by atoms with Crippen LogP contribution in [0.1, 0.15) is 19.8 Å². The number of hydrogen-bond acceptors (Lipinski definition) is 2. The number of nitrogens with one attached hydrogen (secondary N) is 1. The molecule has 0 aromatic heterocycles. The Morgan fingerprint density at radius 1 is 1.64 bits per heavy atom. The molecule has 1 heterocycles. The first kappa shape index (κ1) is 8.27. The van der Waals surface area contributed by atoms with E-state index in [2.05, 4.69) is 17.2 Å². The third-order valence-corrected chi connectivity index (χ3v) is 1.64. The second-order valence-electron chi connectivity index (χ2n) is 2.69. The van der Waals surface area contributed by atoms with Gasteiger partial charge in [0.1, 0.15) is 5.84 Å². The van der Waals surface area contributed by atoms with Crippen LogP contribution in [0.15, 0.2) is 16.8 Å². The molecule has 1 rings (SSSR count). The van der Waals surface area contributed by atoms with Gasteiger partial charge in [-0.15, -0.1) is 0 Å². The summed E-state index contributed by atoms with van der Waals surface area (Å²) in [4.78, 5) is 4.15. The van der Waals surface area contributed by atoms with Gasteiger partial charge in [0.2, 0.25) is 0 Å². The average Bonchev–Trinajstić information content (AvgIpc) is 2.04. The number of hydrogen-bond donors (Lipinski definition) is 2. The molecule has 0 aliphatic carbocycles. The highest BCUT2D eigenvalue weighted by atomic mass is 16.3. The minimum atomic E-state index is 0.133. The molecule has 1 aliphatic heterocycles. The van der Waals surface area contributed by atoms with Crippen LogP contribution in [0.2, 0.25) is 0 Å². The Morgan fingerprint density at radius 3 is 3.00 bits per heavy atom. The molecular weight excluding hydrogens is 140 g/mol. The highest BCUT2D eigenvalue weighted by molar-refractivity contribution is 5.84. The van der Waals surface area contributed by atoms with Gasteiger partial charge in [0.05, 0.1) is 13.2 Å². The number of aliphatic hydroxyl groups is 1. The van der Waals surface area contributed by atoms with E-state index in [9.17, 15) is 0 Å². The van der Waals surface area contributed by atoms with Crippen LogP contribution in [-0.4, -0.2) is 24.1 Å². The number of nitrogens with zero attached hydrogens (tertiary/aromatic N) is 1. The summed E-state index contributed by atoms with van der Waals surface area (Å²) in [6.45, 7) is 2.74. The topological polar surface area (TPSA) is 44.6 Å². The van der Waals surface area contributed by atoms with Gasteiger partial charge in [-0.1, -0.05) is 5.57 Å². The van der Waals surface area contributed by atoms with Crippen molar-refractivity contribution in [2.75, 3.05) is 13.2 Å². The Hall–Kier alpha value is -0.830. The van der Waals surface area contributed by atoms with Crippen LogP contribution in [0.25, 0.3) is 0 Å². The van der Waals surface area contributed by atoms with Gasteiger partial charge in [-0.25, -0.2) is 0 Å². The summed E-state index contributed by atoms with van der Waals surface area (Å²) in [7, 11) is 0. The summed E-state index contributed by atoms with van der Waals surface area (Å²) in [5.74, 6) is 0.990. The third-order valence-electron chi connectivity index (χ3n) is 1.64. The molecule has 0 saturated carbocycles. The Morgan fingerprint density at radius 2 is 2.45 bits per heavy atom. The van der Waals surface area contributed by atoms with E-state index >= 15 is 0 Å². The molecule has 0 atom stereocenters. The van der Waals surface area contributed by atoms with Crippen LogP contribution in [0.5, 0.6) is 0 Å². The van der Waals surface area contributed by atoms with Gasteiger partial charge in [-0.05, 0) is 13.3 Å². The lowest BCUT2D eigenvalue weighted by Gasteiger charge is -2.12. The Balaban J connectivity index is 2.40. The van der Waals surface area contributed by atoms with Crippen LogP contribution in [0.4, 0.5) is 0 Å². The average molecular weight is 154 g/mol. The summed E-state index contributed by atoms with van der Waals surface area (Å²) < 4.78 is 0. The van der Waals surface area contributed by atoms with Crippen molar-refractivity contribution in [3.63, 3.8) is 0 Å². The number of allylic oxidation sites excluding steroid dienone is 1. The zero-order valence-corrected chi connectivity index (χ0v) is 6.80. The lowest BCUT2D eigenvalue weighted by atomic mass is 10.1. The van der Waals surface area contributed by atoms with Crippen LogP contribution in [-0.2, 0) is 0 Å². The fraction of sp³-hybridized carbons (Fsp3) is 0.625. The Bertz CT molecular complexity index is 185. The fourth-order valence-corrected chi connectivity index (χ4v) is 0.976. The van der Waals surface area contributed by atoms with Gasteiger partial charge < -0.3 is 10.4 Å². The second kappa shape index (κ2) is 4.13. The van der Waals surface area contributed by atoms with Gasteiger partial charge in [0.15, 0.2) is 0 Å². The van der Waals surface area contributed by atoms with Crippen molar-refractivity contribution in [3.05, 3.63) is 11.8 Å². The zero-order chi connectivity index (χ0) is 8.10. The van der Waals surface area contributed by atoms with Crippen LogP contribution >= 0.6 is 0 Å². The highest BCUT2D eigenvalue weighted by Crippen LogP contribution is 2.07. The van der Waals surface area contributed by atoms with E-state index in [1.165, 1.54) is 5.57 Å². The molecule has 0 aromatic rings. The molecule has 0 spiro atoms. The minimum absolute atomic E-state index is 0.133. The number of aliphatic hydroxyl groups excluding tert-OH is 1. The van der Waals surface area contributed by atoms with Crippen LogP contribution < -0.4 is 5.32 Å². The van der Waals surface area contributed by atoms with E-state index in [-0.39, 0.29) is 6.61 Å². The lowest BCUT2D eigenvalue weighted by molar-refractivity contribution is 0.306. The normalized spacial score (nSPS) is 21.3. The van der Waals surface area contributed by atoms with Crippen molar-refractivity contribution in [2.24, 2.45) is 4.99 Å². The summed E-state index contributed by atoms with van der Waals surface area (Å²) in [6.07, 6.45) is 4.03. The molecule has 11 heavy (non-hydrogen) atoms. The molecule has 0 amide bonds. The van der Waals surface area contributed by atoms with Gasteiger partial charge in [-0.2, -0.15) is 0 Å². The number of rotatable bonds is 2. The van der Waals surface area contributed by atoms with Crippen molar-refractivity contribution in [1.82, 2.24) is 5.32 Å². The Labute approximate surface area is 66.8 Å². The van der Waals surface area contributed by atoms with Crippen molar-refractivity contribution >= 4 is 5.84 Å². The first-order chi connectivity index (χ1) is 5.33. The smallest absolute Gasteiger partial charge is 0.101 e. The van der Waals surface area contributed by atoms with Crippen LogP contribution in [0, 0.1) is 0 Å². The predicted molar refractivity (Wildman–Crippen MR) is 45.5 cm³/mol. The van der Waals surface area contributed by atoms with Crippen molar-refractivity contribution in [1.29, 1.82) is 0 Å². The molecule has 62 valence electrons. The quantitative estimate of drug-likeness (QED) is 0.614. The molecule has 0 fully saturated rings. The molecule has 0 bridgehead atoms. The second-order valence-corrected chi connectivity index (χ2v) is 2.69. The molecule has 3 heteroatoms. The lowest BCUT2D eigenvalue weighted by Crippen LogP contribution is -2.22. The van der Waals surface area contributed by atoms with Crippen molar-refractivity contribution < 1.29 is 5.11 Å². The van der Waals surface area contributed by atoms with Gasteiger partial charge in [-0.3, -0.25) is 4.99 Å². The summed E-state index contributed by atoms with van der Waals surface area (Å²) in [5.41, 5.74) is 1.35. The van der Waals surface area contributed by atoms with E-state index in [0.29, 0.717) is 6.54 Å². The maximum absolute atomic E-state index is 8.50. The SMILES string of the molecule is CC1=CNC(=NCCO)CC1. The Kier molecular flexibility index (Phi) is 3.11. The highest BCUT2D eigenvalue weighted by Gasteiger charge is 2.03. The predicted octanol–water partition coefficient (Wildman–Crippen LogP) is 0.664. The van der Waals surface area contributed by atoms with Gasteiger partial charge in [0.25, 0.3) is 0 Å². The maximum Gasteiger partial charge on any atom is 0.101 e. The molecular formula is C8H14N2O. The fourth-order valence-electron chi connectivity index (χ4n) is 0.976. The number of aliphatic imine (C=N–C) groups is 1. The molecule has 0 radical (unpaired) electrons. The van der Waals surface area contributed by atoms with Crippen molar-refractivity contribution in [2.45, 2.75) is 19.8 Å². The van der Waals surface area contributed by atoms with Gasteiger partial charge >= 0.3 is 0 Å². The zero-order valence-electron chi connectivity index (χ0n) is 6.80. The largest absolute Gasteiger partial charge is 0.394 e. The van der Waals surface area contributed by atoms with Crippen molar-refractivity contribution in [3.8, 4) is 0 Å². The summed E-state index contributed by atoms with van der Waals surface area (Å²) >= 11 is 0. The molecule has 0 unspecified atom stereocenters. The van der Waals surface area contributed by atoms with Crippen LogP contribution in [0.3, 0.4) is 0 Å².